The van der Waals surface area contributed by atoms with Gasteiger partial charge in [-0.1, -0.05) is 65.8 Å². The molecule has 4 atom stereocenters. The minimum Gasteiger partial charge on any atom is -0.392 e. The molecular weight excluding hydrogens is 330 g/mol. The highest BCUT2D eigenvalue weighted by molar-refractivity contribution is 5.14. The summed E-state index contributed by atoms with van der Waals surface area (Å²) in [6, 6.07) is 19.3. The Kier molecular flexibility index (Phi) is 6.63. The fraction of sp³-hybridized carbons (Fsp3) is 0.400. The van der Waals surface area contributed by atoms with Crippen molar-refractivity contribution >= 4 is 0 Å². The van der Waals surface area contributed by atoms with Gasteiger partial charge in [-0.15, -0.1) is 0 Å². The van der Waals surface area contributed by atoms with Crippen molar-refractivity contribution in [2.24, 2.45) is 11.0 Å². The van der Waals surface area contributed by atoms with Gasteiger partial charge < -0.3 is 14.6 Å². The Balaban J connectivity index is 1.59. The zero-order valence-corrected chi connectivity index (χ0v) is 14.5. The molecule has 6 nitrogen and oxygen atoms in total. The summed E-state index contributed by atoms with van der Waals surface area (Å²) < 4.78 is 11.8. The van der Waals surface area contributed by atoms with Crippen LogP contribution in [0.2, 0.25) is 0 Å². The second kappa shape index (κ2) is 9.36. The number of azide groups is 1. The molecule has 0 unspecified atom stereocenters. The molecule has 6 heteroatoms. The SMILES string of the molecule is [N-]=[N+]=N[C@H]1C[C@H](OCc2ccccc2)[C@@H](COCc2ccccc2)[C@@H]1O. The van der Waals surface area contributed by atoms with Gasteiger partial charge in [0.2, 0.25) is 0 Å². The third kappa shape index (κ3) is 4.84. The predicted octanol–water partition coefficient (Wildman–Crippen LogP) is 3.85. The Morgan fingerprint density at radius 3 is 2.23 bits per heavy atom. The van der Waals surface area contributed by atoms with Gasteiger partial charge >= 0.3 is 0 Å². The molecule has 26 heavy (non-hydrogen) atoms. The molecular formula is C20H23N3O3. The van der Waals surface area contributed by atoms with Crippen LogP contribution in [0.1, 0.15) is 17.5 Å². The van der Waals surface area contributed by atoms with Crippen LogP contribution in [0.15, 0.2) is 65.8 Å². The quantitative estimate of drug-likeness (QED) is 0.444. The highest BCUT2D eigenvalue weighted by Crippen LogP contribution is 2.32. The smallest absolute Gasteiger partial charge is 0.0720 e. The van der Waals surface area contributed by atoms with E-state index in [1.807, 2.05) is 60.7 Å². The van der Waals surface area contributed by atoms with Gasteiger partial charge in [0.15, 0.2) is 0 Å². The van der Waals surface area contributed by atoms with Gasteiger partial charge in [0.25, 0.3) is 0 Å². The molecule has 0 aromatic heterocycles. The van der Waals surface area contributed by atoms with Crippen molar-refractivity contribution in [3.05, 3.63) is 82.2 Å². The lowest BCUT2D eigenvalue weighted by molar-refractivity contribution is -0.0465. The third-order valence-corrected chi connectivity index (χ3v) is 4.71. The molecule has 1 aliphatic carbocycles. The first kappa shape index (κ1) is 18.4. The highest BCUT2D eigenvalue weighted by Gasteiger charge is 2.42. The van der Waals surface area contributed by atoms with Gasteiger partial charge in [0.05, 0.1) is 38.1 Å². The van der Waals surface area contributed by atoms with E-state index in [0.29, 0.717) is 26.2 Å². The van der Waals surface area contributed by atoms with Crippen LogP contribution in [0, 0.1) is 5.92 Å². The minimum atomic E-state index is -0.762. The van der Waals surface area contributed by atoms with E-state index in [1.165, 1.54) is 0 Å². The van der Waals surface area contributed by atoms with Crippen molar-refractivity contribution in [1.82, 2.24) is 0 Å². The number of aliphatic hydroxyl groups excluding tert-OH is 1. The van der Waals surface area contributed by atoms with Crippen molar-refractivity contribution in [1.29, 1.82) is 0 Å². The minimum absolute atomic E-state index is 0.212. The maximum Gasteiger partial charge on any atom is 0.0720 e. The van der Waals surface area contributed by atoms with E-state index in [0.717, 1.165) is 11.1 Å². The summed E-state index contributed by atoms with van der Waals surface area (Å²) in [5.41, 5.74) is 10.9. The fourth-order valence-electron chi connectivity index (χ4n) is 3.30. The maximum absolute atomic E-state index is 10.5. The molecule has 0 spiro atoms. The van der Waals surface area contributed by atoms with Gasteiger partial charge in [0.1, 0.15) is 0 Å². The number of rotatable bonds is 8. The molecule has 0 aliphatic heterocycles. The molecule has 3 rings (SSSR count). The van der Waals surface area contributed by atoms with Crippen LogP contribution >= 0.6 is 0 Å². The number of ether oxygens (including phenoxy) is 2. The second-order valence-electron chi connectivity index (χ2n) is 6.50. The normalized spacial score (nSPS) is 25.0. The van der Waals surface area contributed by atoms with E-state index in [-0.39, 0.29) is 12.0 Å². The van der Waals surface area contributed by atoms with Crippen molar-refractivity contribution in [3.8, 4) is 0 Å². The van der Waals surface area contributed by atoms with Gasteiger partial charge in [-0.2, -0.15) is 0 Å². The molecule has 0 radical (unpaired) electrons. The van der Waals surface area contributed by atoms with Crippen LogP contribution in [-0.2, 0) is 22.7 Å². The van der Waals surface area contributed by atoms with Crippen molar-refractivity contribution < 1.29 is 14.6 Å². The summed E-state index contributed by atoms with van der Waals surface area (Å²) in [7, 11) is 0. The zero-order valence-electron chi connectivity index (χ0n) is 14.5. The molecule has 0 heterocycles. The van der Waals surface area contributed by atoms with E-state index in [2.05, 4.69) is 10.0 Å². The van der Waals surface area contributed by atoms with Crippen LogP contribution in [0.25, 0.3) is 10.4 Å². The van der Waals surface area contributed by atoms with Crippen molar-refractivity contribution in [3.63, 3.8) is 0 Å². The molecule has 1 N–H and O–H groups in total. The Bertz CT molecular complexity index is 720. The maximum atomic E-state index is 10.5. The molecule has 0 bridgehead atoms. The number of hydrogen-bond donors (Lipinski definition) is 1. The molecule has 0 saturated heterocycles. The fourth-order valence-corrected chi connectivity index (χ4v) is 3.30. The topological polar surface area (TPSA) is 87.5 Å². The molecule has 136 valence electrons. The van der Waals surface area contributed by atoms with Gasteiger partial charge in [-0.25, -0.2) is 0 Å². The van der Waals surface area contributed by atoms with Crippen LogP contribution in [0.3, 0.4) is 0 Å². The van der Waals surface area contributed by atoms with E-state index >= 15 is 0 Å². The van der Waals surface area contributed by atoms with Crippen LogP contribution in [0.5, 0.6) is 0 Å². The average Bonchev–Trinajstić information content (AvgIpc) is 2.97. The van der Waals surface area contributed by atoms with Gasteiger partial charge in [-0.3, -0.25) is 0 Å². The standard InChI is InChI=1S/C20H23N3O3/c21-23-22-18-11-19(26-13-16-9-5-2-6-10-16)17(20(18)24)14-25-12-15-7-3-1-4-8-15/h1-10,17-20,24H,11-14H2/t17-,18+,19+,20+/m1/s1. The average molecular weight is 353 g/mol. The summed E-state index contributed by atoms with van der Waals surface area (Å²) >= 11 is 0. The Morgan fingerprint density at radius 1 is 1.00 bits per heavy atom. The third-order valence-electron chi connectivity index (χ3n) is 4.71. The summed E-state index contributed by atoms with van der Waals surface area (Å²) in [4.78, 5) is 2.85. The molecule has 1 aliphatic rings. The molecule has 2 aromatic rings. The summed E-state index contributed by atoms with van der Waals surface area (Å²) in [6.07, 6.45) is -0.476. The van der Waals surface area contributed by atoms with E-state index < -0.39 is 12.1 Å². The molecule has 1 saturated carbocycles. The molecule has 1 fully saturated rings. The Morgan fingerprint density at radius 2 is 1.62 bits per heavy atom. The van der Waals surface area contributed by atoms with Crippen molar-refractivity contribution in [2.75, 3.05) is 6.61 Å². The second-order valence-corrected chi connectivity index (χ2v) is 6.50. The van der Waals surface area contributed by atoms with Crippen LogP contribution < -0.4 is 0 Å². The monoisotopic (exact) mass is 353 g/mol. The Hall–Kier alpha value is -2.37. The number of aliphatic hydroxyl groups is 1. The van der Waals surface area contributed by atoms with E-state index in [9.17, 15) is 5.11 Å². The molecule has 2 aromatic carbocycles. The molecule has 0 amide bonds. The highest BCUT2D eigenvalue weighted by atomic mass is 16.5. The first-order chi connectivity index (χ1) is 12.8. The van der Waals surface area contributed by atoms with Gasteiger partial charge in [0, 0.05) is 10.8 Å². The predicted molar refractivity (Wildman–Crippen MR) is 98.2 cm³/mol. The lowest BCUT2D eigenvalue weighted by atomic mass is 10.0. The van der Waals surface area contributed by atoms with E-state index in [4.69, 9.17) is 15.0 Å². The van der Waals surface area contributed by atoms with Crippen LogP contribution in [0.4, 0.5) is 0 Å². The summed E-state index contributed by atoms with van der Waals surface area (Å²) in [5.74, 6) is -0.224. The zero-order chi connectivity index (χ0) is 18.2. The summed E-state index contributed by atoms with van der Waals surface area (Å²) in [6.45, 7) is 1.28. The largest absolute Gasteiger partial charge is 0.392 e. The lowest BCUT2D eigenvalue weighted by Gasteiger charge is -2.22. The number of benzene rings is 2. The number of hydrogen-bond acceptors (Lipinski definition) is 4. The number of nitrogens with zero attached hydrogens (tertiary/aromatic N) is 3. The van der Waals surface area contributed by atoms with Crippen LogP contribution in [-0.4, -0.2) is 30.0 Å². The van der Waals surface area contributed by atoms with E-state index in [1.54, 1.807) is 0 Å². The summed E-state index contributed by atoms with van der Waals surface area (Å²) in [5, 5.41) is 14.2. The first-order valence-corrected chi connectivity index (χ1v) is 8.77. The first-order valence-electron chi connectivity index (χ1n) is 8.77. The van der Waals surface area contributed by atoms with Gasteiger partial charge in [-0.05, 0) is 23.1 Å². The van der Waals surface area contributed by atoms with Crippen molar-refractivity contribution in [2.45, 2.75) is 37.9 Å². The lowest BCUT2D eigenvalue weighted by Crippen LogP contribution is -2.31. The Labute approximate surface area is 153 Å².